The molecule has 0 fully saturated rings. The first-order valence-corrected chi connectivity index (χ1v) is 8.92. The zero-order valence-electron chi connectivity index (χ0n) is 15.8. The molecule has 2 amide bonds. The van der Waals surface area contributed by atoms with Crippen LogP contribution in [0.15, 0.2) is 65.1 Å². The Balaban J connectivity index is 1.55. The van der Waals surface area contributed by atoms with Crippen molar-refractivity contribution >= 4 is 17.5 Å². The lowest BCUT2D eigenvalue weighted by Crippen LogP contribution is -2.19. The molecule has 0 bridgehead atoms. The van der Waals surface area contributed by atoms with Gasteiger partial charge in [-0.05, 0) is 48.9 Å². The van der Waals surface area contributed by atoms with Crippen LogP contribution in [0.25, 0.3) is 0 Å². The largest absolute Gasteiger partial charge is 0.486 e. The Labute approximate surface area is 163 Å². The summed E-state index contributed by atoms with van der Waals surface area (Å²) in [7, 11) is 1.60. The summed E-state index contributed by atoms with van der Waals surface area (Å²) >= 11 is 0. The number of hydrogen-bond acceptors (Lipinski definition) is 4. The third kappa shape index (κ3) is 5.23. The Morgan fingerprint density at radius 2 is 1.68 bits per heavy atom. The highest BCUT2D eigenvalue weighted by molar-refractivity contribution is 6.02. The molecular weight excluding hydrogens is 356 g/mol. The summed E-state index contributed by atoms with van der Waals surface area (Å²) in [4.78, 5) is 23.7. The molecule has 1 heterocycles. The molecule has 3 aromatic rings. The molecule has 6 nitrogen and oxygen atoms in total. The first kappa shape index (κ1) is 19.2. The van der Waals surface area contributed by atoms with Gasteiger partial charge in [-0.15, -0.1) is 0 Å². The fourth-order valence-electron chi connectivity index (χ4n) is 2.54. The van der Waals surface area contributed by atoms with Gasteiger partial charge in [0, 0.05) is 12.7 Å². The third-order valence-corrected chi connectivity index (χ3v) is 4.14. The van der Waals surface area contributed by atoms with Crippen molar-refractivity contribution in [2.75, 3.05) is 12.4 Å². The number of carbonyl (C=O) groups excluding carboxylic acids is 2. The molecule has 6 heteroatoms. The van der Waals surface area contributed by atoms with Crippen molar-refractivity contribution in [3.63, 3.8) is 0 Å². The van der Waals surface area contributed by atoms with Crippen molar-refractivity contribution in [2.45, 2.75) is 20.0 Å². The van der Waals surface area contributed by atoms with Crippen LogP contribution in [-0.2, 0) is 17.8 Å². The molecule has 0 spiro atoms. The number of likely N-dealkylation sites (N-methyl/N-ethyl adjacent to an activating group) is 1. The molecule has 0 saturated carbocycles. The number of furan rings is 1. The fourth-order valence-corrected chi connectivity index (χ4v) is 2.54. The standard InChI is InChI=1S/C22H22N2O4/c1-15-3-9-18(10-4-15)27-14-19-11-12-20(28-19)22(26)24-17-7-5-16(6-8-17)13-21(25)23-2/h3-12H,13-14H2,1-2H3,(H,23,25)(H,24,26). The lowest BCUT2D eigenvalue weighted by molar-refractivity contribution is -0.119. The third-order valence-electron chi connectivity index (χ3n) is 4.14. The number of nitrogens with one attached hydrogen (secondary N) is 2. The van der Waals surface area contributed by atoms with E-state index in [1.807, 2.05) is 31.2 Å². The normalized spacial score (nSPS) is 10.4. The zero-order valence-corrected chi connectivity index (χ0v) is 15.8. The van der Waals surface area contributed by atoms with E-state index in [0.29, 0.717) is 17.9 Å². The van der Waals surface area contributed by atoms with Gasteiger partial charge in [0.15, 0.2) is 5.76 Å². The summed E-state index contributed by atoms with van der Waals surface area (Å²) < 4.78 is 11.2. The van der Waals surface area contributed by atoms with E-state index in [1.54, 1.807) is 43.4 Å². The minimum absolute atomic E-state index is 0.0623. The van der Waals surface area contributed by atoms with Gasteiger partial charge in [-0.2, -0.15) is 0 Å². The SMILES string of the molecule is CNC(=O)Cc1ccc(NC(=O)c2ccc(COc3ccc(C)cc3)o2)cc1. The minimum Gasteiger partial charge on any atom is -0.486 e. The number of aryl methyl sites for hydroxylation is 1. The van der Waals surface area contributed by atoms with Crippen molar-refractivity contribution in [3.8, 4) is 5.75 Å². The number of amides is 2. The van der Waals surface area contributed by atoms with Crippen molar-refractivity contribution in [2.24, 2.45) is 0 Å². The van der Waals surface area contributed by atoms with Crippen LogP contribution >= 0.6 is 0 Å². The second-order valence-electron chi connectivity index (χ2n) is 6.37. The highest BCUT2D eigenvalue weighted by atomic mass is 16.5. The predicted octanol–water partition coefficient (Wildman–Crippen LogP) is 3.71. The van der Waals surface area contributed by atoms with Gasteiger partial charge < -0.3 is 19.8 Å². The van der Waals surface area contributed by atoms with Crippen LogP contribution in [-0.4, -0.2) is 18.9 Å². The summed E-state index contributed by atoms with van der Waals surface area (Å²) in [5.74, 6) is 1.10. The predicted molar refractivity (Wildman–Crippen MR) is 106 cm³/mol. The maximum absolute atomic E-state index is 12.3. The number of hydrogen-bond donors (Lipinski definition) is 2. The Morgan fingerprint density at radius 3 is 2.36 bits per heavy atom. The van der Waals surface area contributed by atoms with E-state index in [4.69, 9.17) is 9.15 Å². The summed E-state index contributed by atoms with van der Waals surface area (Å²) in [5.41, 5.74) is 2.65. The average Bonchev–Trinajstić information content (AvgIpc) is 3.18. The molecule has 0 aliphatic carbocycles. The maximum atomic E-state index is 12.3. The Kier molecular flexibility index (Phi) is 6.11. The van der Waals surface area contributed by atoms with Crippen molar-refractivity contribution in [1.82, 2.24) is 5.32 Å². The van der Waals surface area contributed by atoms with Crippen LogP contribution in [0.4, 0.5) is 5.69 Å². The van der Waals surface area contributed by atoms with E-state index in [1.165, 1.54) is 0 Å². The van der Waals surface area contributed by atoms with Gasteiger partial charge in [0.1, 0.15) is 18.1 Å². The fraction of sp³-hybridized carbons (Fsp3) is 0.182. The molecule has 0 aliphatic heterocycles. The molecule has 2 N–H and O–H groups in total. The zero-order chi connectivity index (χ0) is 19.9. The van der Waals surface area contributed by atoms with Gasteiger partial charge >= 0.3 is 0 Å². The maximum Gasteiger partial charge on any atom is 0.291 e. The second-order valence-corrected chi connectivity index (χ2v) is 6.37. The van der Waals surface area contributed by atoms with Gasteiger partial charge in [0.05, 0.1) is 6.42 Å². The summed E-state index contributed by atoms with van der Waals surface area (Å²) in [6.07, 6.45) is 0.299. The number of rotatable bonds is 7. The summed E-state index contributed by atoms with van der Waals surface area (Å²) in [6, 6.07) is 18.1. The molecule has 0 unspecified atom stereocenters. The number of benzene rings is 2. The first-order valence-electron chi connectivity index (χ1n) is 8.92. The highest BCUT2D eigenvalue weighted by Crippen LogP contribution is 2.17. The lowest BCUT2D eigenvalue weighted by atomic mass is 10.1. The number of ether oxygens (including phenoxy) is 1. The van der Waals surface area contributed by atoms with Crippen molar-refractivity contribution in [1.29, 1.82) is 0 Å². The number of carbonyl (C=O) groups is 2. The second kappa shape index (κ2) is 8.90. The molecular formula is C22H22N2O4. The van der Waals surface area contributed by atoms with E-state index < -0.39 is 0 Å². The quantitative estimate of drug-likeness (QED) is 0.657. The monoisotopic (exact) mass is 378 g/mol. The Hall–Kier alpha value is -3.54. The van der Waals surface area contributed by atoms with Crippen LogP contribution in [0.2, 0.25) is 0 Å². The van der Waals surface area contributed by atoms with E-state index in [-0.39, 0.29) is 24.2 Å². The van der Waals surface area contributed by atoms with Crippen LogP contribution in [0.5, 0.6) is 5.75 Å². The Morgan fingerprint density at radius 1 is 0.964 bits per heavy atom. The Bertz CT molecular complexity index is 943. The van der Waals surface area contributed by atoms with E-state index in [0.717, 1.165) is 16.9 Å². The number of anilines is 1. The van der Waals surface area contributed by atoms with Gasteiger partial charge in [-0.3, -0.25) is 9.59 Å². The molecule has 28 heavy (non-hydrogen) atoms. The van der Waals surface area contributed by atoms with Crippen LogP contribution in [0.1, 0.15) is 27.4 Å². The topological polar surface area (TPSA) is 80.6 Å². The first-order chi connectivity index (χ1) is 13.5. The molecule has 0 atom stereocenters. The van der Waals surface area contributed by atoms with Crippen LogP contribution in [0.3, 0.4) is 0 Å². The molecule has 0 radical (unpaired) electrons. The van der Waals surface area contributed by atoms with E-state index in [2.05, 4.69) is 10.6 Å². The van der Waals surface area contributed by atoms with E-state index in [9.17, 15) is 9.59 Å². The highest BCUT2D eigenvalue weighted by Gasteiger charge is 2.12. The summed E-state index contributed by atoms with van der Waals surface area (Å²) in [5, 5.41) is 5.35. The molecule has 1 aromatic heterocycles. The van der Waals surface area contributed by atoms with Gasteiger partial charge in [-0.25, -0.2) is 0 Å². The van der Waals surface area contributed by atoms with Crippen molar-refractivity contribution < 1.29 is 18.7 Å². The molecule has 0 aliphatic rings. The van der Waals surface area contributed by atoms with Crippen molar-refractivity contribution in [3.05, 3.63) is 83.3 Å². The van der Waals surface area contributed by atoms with Crippen LogP contribution < -0.4 is 15.4 Å². The molecule has 3 rings (SSSR count). The van der Waals surface area contributed by atoms with Gasteiger partial charge in [-0.1, -0.05) is 29.8 Å². The molecule has 144 valence electrons. The van der Waals surface area contributed by atoms with Gasteiger partial charge in [0.2, 0.25) is 5.91 Å². The van der Waals surface area contributed by atoms with Gasteiger partial charge in [0.25, 0.3) is 5.91 Å². The molecule has 2 aromatic carbocycles. The minimum atomic E-state index is -0.347. The van der Waals surface area contributed by atoms with Crippen LogP contribution in [0, 0.1) is 6.92 Å². The summed E-state index contributed by atoms with van der Waals surface area (Å²) in [6.45, 7) is 2.25. The average molecular weight is 378 g/mol. The lowest BCUT2D eigenvalue weighted by Gasteiger charge is -2.06. The molecule has 0 saturated heterocycles. The van der Waals surface area contributed by atoms with E-state index >= 15 is 0 Å². The smallest absolute Gasteiger partial charge is 0.291 e.